The summed E-state index contributed by atoms with van der Waals surface area (Å²) in [6.45, 7) is 0.143. The molecule has 2 N–H and O–H groups in total. The number of sulfonamides is 1. The number of rotatable bonds is 7. The zero-order valence-electron chi connectivity index (χ0n) is 15.5. The summed E-state index contributed by atoms with van der Waals surface area (Å²) in [5, 5.41) is 2.93. The first-order valence-corrected chi connectivity index (χ1v) is 10.3. The molecule has 30 heavy (non-hydrogen) atoms. The number of ether oxygens (including phenoxy) is 2. The number of ketones is 1. The smallest absolute Gasteiger partial charge is 0.264 e. The number of hydrogen-bond acceptors (Lipinski definition) is 8. The van der Waals surface area contributed by atoms with Crippen molar-refractivity contribution in [2.24, 2.45) is 0 Å². The molecule has 0 amide bonds. The number of carbonyl (C=O) groups is 1. The first kappa shape index (κ1) is 19.4. The van der Waals surface area contributed by atoms with Gasteiger partial charge in [-0.3, -0.25) is 4.79 Å². The van der Waals surface area contributed by atoms with Crippen LogP contribution in [0.1, 0.15) is 10.4 Å². The Bertz CT molecular complexity index is 1200. The van der Waals surface area contributed by atoms with Gasteiger partial charge in [0.15, 0.2) is 17.3 Å². The number of hydrogen-bond donors (Lipinski definition) is 2. The predicted octanol–water partition coefficient (Wildman–Crippen LogP) is 2.81. The molecule has 4 rings (SSSR count). The van der Waals surface area contributed by atoms with Gasteiger partial charge in [-0.1, -0.05) is 0 Å². The summed E-state index contributed by atoms with van der Waals surface area (Å²) in [6, 6.07) is 12.6. The molecule has 0 atom stereocenters. The van der Waals surface area contributed by atoms with Crippen molar-refractivity contribution >= 4 is 27.4 Å². The molecule has 10 heteroatoms. The Labute approximate surface area is 172 Å². The van der Waals surface area contributed by atoms with Gasteiger partial charge in [0.05, 0.1) is 4.90 Å². The molecule has 0 saturated heterocycles. The van der Waals surface area contributed by atoms with Crippen LogP contribution in [-0.2, 0) is 10.0 Å². The van der Waals surface area contributed by atoms with Gasteiger partial charge in [0, 0.05) is 35.9 Å². The highest BCUT2D eigenvalue weighted by Crippen LogP contribution is 2.32. The fourth-order valence-electron chi connectivity index (χ4n) is 2.62. The van der Waals surface area contributed by atoms with E-state index in [1.165, 1.54) is 36.8 Å². The molecule has 0 saturated carbocycles. The van der Waals surface area contributed by atoms with E-state index in [0.717, 1.165) is 0 Å². The van der Waals surface area contributed by atoms with E-state index >= 15 is 0 Å². The van der Waals surface area contributed by atoms with Gasteiger partial charge in [-0.2, -0.15) is 0 Å². The summed E-state index contributed by atoms with van der Waals surface area (Å²) in [7, 11) is -3.80. The van der Waals surface area contributed by atoms with Gasteiger partial charge in [-0.05, 0) is 48.5 Å². The van der Waals surface area contributed by atoms with Crippen molar-refractivity contribution < 1.29 is 22.7 Å². The summed E-state index contributed by atoms with van der Waals surface area (Å²) < 4.78 is 37.5. The van der Waals surface area contributed by atoms with E-state index in [0.29, 0.717) is 22.7 Å². The molecule has 1 aromatic heterocycles. The van der Waals surface area contributed by atoms with E-state index in [1.54, 1.807) is 36.4 Å². The van der Waals surface area contributed by atoms with Gasteiger partial charge < -0.3 is 14.8 Å². The average molecular weight is 424 g/mol. The van der Waals surface area contributed by atoms with Crippen LogP contribution in [0, 0.1) is 0 Å². The Hall–Kier alpha value is -3.92. The molecule has 3 aromatic rings. The lowest BCUT2D eigenvalue weighted by Crippen LogP contribution is -2.14. The minimum atomic E-state index is -3.80. The Kier molecular flexibility index (Phi) is 5.31. The summed E-state index contributed by atoms with van der Waals surface area (Å²) >= 11 is 0. The summed E-state index contributed by atoms with van der Waals surface area (Å²) in [4.78, 5) is 20.0. The number of fused-ring (bicyclic) bond motifs is 1. The van der Waals surface area contributed by atoms with Gasteiger partial charge in [0.25, 0.3) is 10.0 Å². The van der Waals surface area contributed by atoms with Crippen molar-refractivity contribution in [3.63, 3.8) is 0 Å². The lowest BCUT2D eigenvalue weighted by molar-refractivity contribution is 0.104. The van der Waals surface area contributed by atoms with Gasteiger partial charge in [0.1, 0.15) is 0 Å². The molecular formula is C20H16N4O5S. The molecule has 9 nitrogen and oxygen atoms in total. The van der Waals surface area contributed by atoms with Crippen molar-refractivity contribution in [3.05, 3.63) is 78.8 Å². The molecule has 0 bridgehead atoms. The van der Waals surface area contributed by atoms with E-state index in [9.17, 15) is 13.2 Å². The normalized spacial score (nSPS) is 12.7. The van der Waals surface area contributed by atoms with E-state index in [-0.39, 0.29) is 23.4 Å². The zero-order valence-corrected chi connectivity index (χ0v) is 16.3. The fraction of sp³-hybridized carbons (Fsp3) is 0.0500. The van der Waals surface area contributed by atoms with Crippen LogP contribution in [0.5, 0.6) is 11.5 Å². The zero-order chi connectivity index (χ0) is 21.0. The van der Waals surface area contributed by atoms with Crippen molar-refractivity contribution in [1.82, 2.24) is 9.97 Å². The molecule has 0 radical (unpaired) electrons. The van der Waals surface area contributed by atoms with Crippen LogP contribution in [0.15, 0.2) is 78.1 Å². The van der Waals surface area contributed by atoms with E-state index < -0.39 is 10.0 Å². The molecule has 152 valence electrons. The second-order valence-electron chi connectivity index (χ2n) is 6.11. The molecule has 0 spiro atoms. The SMILES string of the molecule is O=C(C=CNc1ccc(S(=O)(=O)Nc2ncccn2)cc1)c1ccc2c(c1)OCO2. The van der Waals surface area contributed by atoms with Crippen molar-refractivity contribution in [2.45, 2.75) is 4.90 Å². The molecule has 1 aliphatic heterocycles. The molecule has 0 aliphatic carbocycles. The van der Waals surface area contributed by atoms with Gasteiger partial charge >= 0.3 is 0 Å². The Morgan fingerprint density at radius 3 is 2.50 bits per heavy atom. The van der Waals surface area contributed by atoms with Crippen LogP contribution >= 0.6 is 0 Å². The number of nitrogens with zero attached hydrogens (tertiary/aromatic N) is 2. The largest absolute Gasteiger partial charge is 0.454 e. The number of allylic oxidation sites excluding steroid dienone is 1. The third-order valence-corrected chi connectivity index (χ3v) is 5.44. The molecule has 0 unspecified atom stereocenters. The molecule has 1 aliphatic rings. The van der Waals surface area contributed by atoms with Gasteiger partial charge in [-0.25, -0.2) is 23.1 Å². The number of benzene rings is 2. The highest BCUT2D eigenvalue weighted by Gasteiger charge is 2.16. The minimum Gasteiger partial charge on any atom is -0.454 e. The molecule has 2 aromatic carbocycles. The second kappa shape index (κ2) is 8.21. The lowest BCUT2D eigenvalue weighted by Gasteiger charge is -2.07. The van der Waals surface area contributed by atoms with E-state index in [4.69, 9.17) is 9.47 Å². The molecule has 2 heterocycles. The first-order chi connectivity index (χ1) is 14.5. The highest BCUT2D eigenvalue weighted by molar-refractivity contribution is 7.92. The predicted molar refractivity (Wildman–Crippen MR) is 109 cm³/mol. The summed E-state index contributed by atoms with van der Waals surface area (Å²) in [5.41, 5.74) is 1.08. The van der Waals surface area contributed by atoms with Crippen LogP contribution < -0.4 is 19.5 Å². The summed E-state index contributed by atoms with van der Waals surface area (Å²) in [5.74, 6) is 0.919. The average Bonchev–Trinajstić information content (AvgIpc) is 3.22. The second-order valence-corrected chi connectivity index (χ2v) is 7.79. The maximum atomic E-state index is 12.4. The topological polar surface area (TPSA) is 120 Å². The monoisotopic (exact) mass is 424 g/mol. The quantitative estimate of drug-likeness (QED) is 0.439. The van der Waals surface area contributed by atoms with Crippen molar-refractivity contribution in [2.75, 3.05) is 16.8 Å². The van der Waals surface area contributed by atoms with Gasteiger partial charge in [-0.15, -0.1) is 0 Å². The van der Waals surface area contributed by atoms with E-state index in [1.807, 2.05) is 0 Å². The highest BCUT2D eigenvalue weighted by atomic mass is 32.2. The Morgan fingerprint density at radius 2 is 1.73 bits per heavy atom. The van der Waals surface area contributed by atoms with Crippen LogP contribution in [0.2, 0.25) is 0 Å². The fourth-order valence-corrected chi connectivity index (χ4v) is 3.58. The third-order valence-electron chi connectivity index (χ3n) is 4.10. The van der Waals surface area contributed by atoms with Crippen LogP contribution in [-0.4, -0.2) is 31.0 Å². The van der Waals surface area contributed by atoms with Crippen LogP contribution in [0.25, 0.3) is 0 Å². The summed E-state index contributed by atoms with van der Waals surface area (Å²) in [6.07, 6.45) is 5.73. The lowest BCUT2D eigenvalue weighted by atomic mass is 10.1. The van der Waals surface area contributed by atoms with Gasteiger partial charge in [0.2, 0.25) is 12.7 Å². The van der Waals surface area contributed by atoms with Crippen LogP contribution in [0.4, 0.5) is 11.6 Å². The van der Waals surface area contributed by atoms with Crippen molar-refractivity contribution in [1.29, 1.82) is 0 Å². The molecule has 0 fully saturated rings. The standard InChI is InChI=1S/C20H16N4O5S/c25-17(14-2-7-18-19(12-14)29-13-28-18)8-11-21-15-3-5-16(6-4-15)30(26,27)24-20-22-9-1-10-23-20/h1-12,21H,13H2,(H,22,23,24). The maximum absolute atomic E-state index is 12.4. The number of carbonyl (C=O) groups excluding carboxylic acids is 1. The third kappa shape index (κ3) is 4.39. The minimum absolute atomic E-state index is 0.00957. The van der Waals surface area contributed by atoms with Crippen molar-refractivity contribution in [3.8, 4) is 11.5 Å². The number of nitrogens with one attached hydrogen (secondary N) is 2. The maximum Gasteiger partial charge on any atom is 0.264 e. The Morgan fingerprint density at radius 1 is 1.00 bits per heavy atom. The van der Waals surface area contributed by atoms with Crippen LogP contribution in [0.3, 0.4) is 0 Å². The Balaban J connectivity index is 1.38. The number of anilines is 2. The first-order valence-electron chi connectivity index (χ1n) is 8.78. The number of aromatic nitrogens is 2. The molecular weight excluding hydrogens is 408 g/mol. The van der Waals surface area contributed by atoms with E-state index in [2.05, 4.69) is 20.0 Å².